The first-order valence-corrected chi connectivity index (χ1v) is 4.91. The smallest absolute Gasteiger partial charge is 0.258 e. The van der Waals surface area contributed by atoms with Crippen molar-refractivity contribution < 1.29 is 19.0 Å². The van der Waals surface area contributed by atoms with Crippen LogP contribution in [0.2, 0.25) is 0 Å². The van der Waals surface area contributed by atoms with Gasteiger partial charge in [-0.3, -0.25) is 4.79 Å². The second-order valence-electron chi connectivity index (χ2n) is 3.40. The molecule has 0 saturated carbocycles. The Hall–Kier alpha value is -1.62. The van der Waals surface area contributed by atoms with Gasteiger partial charge in [0.05, 0.1) is 6.10 Å². The molecule has 0 aliphatic carbocycles. The van der Waals surface area contributed by atoms with Crippen molar-refractivity contribution >= 4 is 5.91 Å². The molecule has 1 atom stereocenters. The van der Waals surface area contributed by atoms with E-state index < -0.39 is 11.9 Å². The van der Waals surface area contributed by atoms with Gasteiger partial charge in [-0.05, 0) is 19.1 Å². The molecular weight excluding hydrogens is 213 g/mol. The number of ether oxygens (including phenoxy) is 1. The quantitative estimate of drug-likeness (QED) is 0.778. The number of hydrogen-bond donors (Lipinski definition) is 2. The highest BCUT2D eigenvalue weighted by Crippen LogP contribution is 2.11. The third-order valence-electron chi connectivity index (χ3n) is 1.76. The second kappa shape index (κ2) is 6.07. The molecule has 0 aliphatic rings. The lowest BCUT2D eigenvalue weighted by Crippen LogP contribution is -2.34. The van der Waals surface area contributed by atoms with Crippen molar-refractivity contribution in [2.45, 2.75) is 13.0 Å². The molecule has 88 valence electrons. The van der Waals surface area contributed by atoms with Crippen LogP contribution in [0.5, 0.6) is 5.75 Å². The third-order valence-corrected chi connectivity index (χ3v) is 1.76. The van der Waals surface area contributed by atoms with Crippen LogP contribution in [-0.2, 0) is 4.79 Å². The highest BCUT2D eigenvalue weighted by atomic mass is 19.1. The normalized spacial score (nSPS) is 11.9. The molecule has 0 aliphatic heterocycles. The number of amides is 1. The summed E-state index contributed by atoms with van der Waals surface area (Å²) in [5.41, 5.74) is 0. The number of halogens is 1. The number of carbonyl (C=O) groups excluding carboxylic acids is 1. The summed E-state index contributed by atoms with van der Waals surface area (Å²) in [6, 6.07) is 5.55. The van der Waals surface area contributed by atoms with E-state index in [2.05, 4.69) is 5.32 Å². The average molecular weight is 227 g/mol. The van der Waals surface area contributed by atoms with Crippen molar-refractivity contribution in [1.29, 1.82) is 0 Å². The maximum atomic E-state index is 12.7. The van der Waals surface area contributed by atoms with Crippen LogP contribution in [0.15, 0.2) is 24.3 Å². The Morgan fingerprint density at radius 2 is 2.38 bits per heavy atom. The molecule has 4 nitrogen and oxygen atoms in total. The molecule has 1 aromatic rings. The van der Waals surface area contributed by atoms with Gasteiger partial charge in [0.15, 0.2) is 6.61 Å². The minimum Gasteiger partial charge on any atom is -0.484 e. The van der Waals surface area contributed by atoms with Gasteiger partial charge in [-0.25, -0.2) is 4.39 Å². The molecule has 0 saturated heterocycles. The monoisotopic (exact) mass is 227 g/mol. The van der Waals surface area contributed by atoms with E-state index in [0.29, 0.717) is 5.75 Å². The number of rotatable bonds is 5. The average Bonchev–Trinajstić information content (AvgIpc) is 2.23. The number of carbonyl (C=O) groups is 1. The van der Waals surface area contributed by atoms with Crippen molar-refractivity contribution in [3.05, 3.63) is 30.1 Å². The fraction of sp³-hybridized carbons (Fsp3) is 0.364. The van der Waals surface area contributed by atoms with Crippen molar-refractivity contribution in [2.75, 3.05) is 13.2 Å². The highest BCUT2D eigenvalue weighted by Gasteiger charge is 2.04. The zero-order valence-corrected chi connectivity index (χ0v) is 8.94. The second-order valence-corrected chi connectivity index (χ2v) is 3.40. The van der Waals surface area contributed by atoms with Crippen LogP contribution < -0.4 is 10.1 Å². The maximum Gasteiger partial charge on any atom is 0.258 e. The molecule has 5 heteroatoms. The molecule has 0 heterocycles. The predicted octanol–water partition coefficient (Wildman–Crippen LogP) is 0.701. The van der Waals surface area contributed by atoms with Crippen LogP contribution in [-0.4, -0.2) is 30.3 Å². The summed E-state index contributed by atoms with van der Waals surface area (Å²) in [5, 5.41) is 11.4. The molecule has 16 heavy (non-hydrogen) atoms. The van der Waals surface area contributed by atoms with Gasteiger partial charge >= 0.3 is 0 Å². The van der Waals surface area contributed by atoms with Gasteiger partial charge < -0.3 is 15.2 Å². The summed E-state index contributed by atoms with van der Waals surface area (Å²) in [4.78, 5) is 11.2. The van der Waals surface area contributed by atoms with Crippen LogP contribution in [0.1, 0.15) is 6.92 Å². The van der Waals surface area contributed by atoms with Crippen LogP contribution in [0.3, 0.4) is 0 Å². The largest absolute Gasteiger partial charge is 0.484 e. The van der Waals surface area contributed by atoms with Crippen LogP contribution >= 0.6 is 0 Å². The molecule has 0 fully saturated rings. The Morgan fingerprint density at radius 3 is 3.00 bits per heavy atom. The molecule has 1 amide bonds. The van der Waals surface area contributed by atoms with Crippen LogP contribution in [0.25, 0.3) is 0 Å². The molecule has 0 unspecified atom stereocenters. The van der Waals surface area contributed by atoms with Gasteiger partial charge in [0.1, 0.15) is 11.6 Å². The number of nitrogens with one attached hydrogen (secondary N) is 1. The van der Waals surface area contributed by atoms with E-state index in [0.717, 1.165) is 0 Å². The topological polar surface area (TPSA) is 58.6 Å². The summed E-state index contributed by atoms with van der Waals surface area (Å²) < 4.78 is 17.8. The van der Waals surface area contributed by atoms with E-state index >= 15 is 0 Å². The van der Waals surface area contributed by atoms with Gasteiger partial charge in [0.2, 0.25) is 0 Å². The first-order valence-electron chi connectivity index (χ1n) is 4.91. The van der Waals surface area contributed by atoms with Crippen LogP contribution in [0.4, 0.5) is 4.39 Å². The van der Waals surface area contributed by atoms with E-state index in [9.17, 15) is 9.18 Å². The lowest BCUT2D eigenvalue weighted by atomic mass is 10.3. The molecule has 0 spiro atoms. The summed E-state index contributed by atoms with van der Waals surface area (Å²) in [7, 11) is 0. The molecule has 0 bridgehead atoms. The lowest BCUT2D eigenvalue weighted by Gasteiger charge is -2.08. The van der Waals surface area contributed by atoms with Crippen molar-refractivity contribution in [1.82, 2.24) is 5.32 Å². The Bertz CT molecular complexity index is 355. The SMILES string of the molecule is C[C@H](O)CNC(=O)COc1cccc(F)c1. The standard InChI is InChI=1S/C11H14FNO3/c1-8(14)6-13-11(15)7-16-10-4-2-3-9(12)5-10/h2-5,8,14H,6-7H2,1H3,(H,13,15)/t8-/m0/s1. The summed E-state index contributed by atoms with van der Waals surface area (Å²) in [6.07, 6.45) is -0.599. The van der Waals surface area contributed by atoms with Crippen molar-refractivity contribution in [2.24, 2.45) is 0 Å². The van der Waals surface area contributed by atoms with Gasteiger partial charge in [-0.2, -0.15) is 0 Å². The predicted molar refractivity (Wildman–Crippen MR) is 56.6 cm³/mol. The molecule has 0 aromatic heterocycles. The zero-order chi connectivity index (χ0) is 12.0. The van der Waals surface area contributed by atoms with E-state index in [4.69, 9.17) is 9.84 Å². The van der Waals surface area contributed by atoms with Gasteiger partial charge in [0, 0.05) is 12.6 Å². The fourth-order valence-electron chi connectivity index (χ4n) is 1.02. The first-order chi connectivity index (χ1) is 7.58. The number of aliphatic hydroxyl groups is 1. The third kappa shape index (κ3) is 4.75. The molecule has 2 N–H and O–H groups in total. The minimum absolute atomic E-state index is 0.172. The van der Waals surface area contributed by atoms with Crippen molar-refractivity contribution in [3.63, 3.8) is 0 Å². The van der Waals surface area contributed by atoms with Crippen molar-refractivity contribution in [3.8, 4) is 5.75 Å². The Balaban J connectivity index is 2.31. The number of benzene rings is 1. The summed E-state index contributed by atoms with van der Waals surface area (Å²) >= 11 is 0. The van der Waals surface area contributed by atoms with Gasteiger partial charge in [-0.1, -0.05) is 6.07 Å². The first kappa shape index (κ1) is 12.4. The fourth-order valence-corrected chi connectivity index (χ4v) is 1.02. The number of aliphatic hydroxyl groups excluding tert-OH is 1. The van der Waals surface area contributed by atoms with E-state index in [-0.39, 0.29) is 19.1 Å². The Labute approximate surface area is 93.0 Å². The Morgan fingerprint density at radius 1 is 1.62 bits per heavy atom. The van der Waals surface area contributed by atoms with Gasteiger partial charge in [0.25, 0.3) is 5.91 Å². The van der Waals surface area contributed by atoms with Crippen LogP contribution in [0, 0.1) is 5.82 Å². The van der Waals surface area contributed by atoms with Gasteiger partial charge in [-0.15, -0.1) is 0 Å². The summed E-state index contributed by atoms with van der Waals surface area (Å²) in [5.74, 6) is -0.473. The molecule has 0 radical (unpaired) electrons. The summed E-state index contributed by atoms with van der Waals surface area (Å²) in [6.45, 7) is 1.54. The van der Waals surface area contributed by atoms with E-state index in [1.54, 1.807) is 13.0 Å². The maximum absolute atomic E-state index is 12.7. The highest BCUT2D eigenvalue weighted by molar-refractivity contribution is 5.77. The lowest BCUT2D eigenvalue weighted by molar-refractivity contribution is -0.123. The molecule has 1 rings (SSSR count). The molecule has 1 aromatic carbocycles. The molecular formula is C11H14FNO3. The minimum atomic E-state index is -0.599. The Kier molecular flexibility index (Phi) is 4.72. The van der Waals surface area contributed by atoms with E-state index in [1.165, 1.54) is 18.2 Å². The zero-order valence-electron chi connectivity index (χ0n) is 8.94. The number of hydrogen-bond acceptors (Lipinski definition) is 3. The van der Waals surface area contributed by atoms with E-state index in [1.807, 2.05) is 0 Å².